The second kappa shape index (κ2) is 10.6. The van der Waals surface area contributed by atoms with E-state index in [2.05, 4.69) is 32.2 Å². The number of aromatic nitrogens is 1. The van der Waals surface area contributed by atoms with Crippen molar-refractivity contribution < 1.29 is 19.0 Å². The predicted octanol–water partition coefficient (Wildman–Crippen LogP) is 1.73. The zero-order chi connectivity index (χ0) is 21.5. The van der Waals surface area contributed by atoms with Gasteiger partial charge in [-0.3, -0.25) is 14.7 Å². The smallest absolute Gasteiger partial charge is 0.270 e. The Morgan fingerprint density at radius 1 is 1.06 bits per heavy atom. The first-order valence-electron chi connectivity index (χ1n) is 10.8. The third kappa shape index (κ3) is 5.52. The Morgan fingerprint density at radius 2 is 1.74 bits per heavy atom. The van der Waals surface area contributed by atoms with Crippen LogP contribution >= 0.6 is 0 Å². The minimum Gasteiger partial charge on any atom is -0.497 e. The molecular formula is C23H30N4O4. The molecule has 0 bridgehead atoms. The normalized spacial score (nSPS) is 18.4. The lowest BCUT2D eigenvalue weighted by Gasteiger charge is -2.35. The summed E-state index contributed by atoms with van der Waals surface area (Å²) in [5, 5.41) is 3.10. The molecular weight excluding hydrogens is 396 g/mol. The summed E-state index contributed by atoms with van der Waals surface area (Å²) in [5.41, 5.74) is 2.57. The number of hydrogen-bond acceptors (Lipinski definition) is 7. The van der Waals surface area contributed by atoms with Crippen molar-refractivity contribution in [3.63, 3.8) is 0 Å². The summed E-state index contributed by atoms with van der Waals surface area (Å²) in [5.74, 6) is 0.652. The predicted molar refractivity (Wildman–Crippen MR) is 118 cm³/mol. The van der Waals surface area contributed by atoms with E-state index in [1.54, 1.807) is 13.3 Å². The van der Waals surface area contributed by atoms with Crippen LogP contribution in [0.2, 0.25) is 0 Å². The first kappa shape index (κ1) is 21.5. The molecule has 166 valence electrons. The Balaban J connectivity index is 1.45. The molecule has 1 atom stereocenters. The van der Waals surface area contributed by atoms with Crippen molar-refractivity contribution in [3.05, 3.63) is 53.9 Å². The quantitative estimate of drug-likeness (QED) is 0.723. The Bertz CT molecular complexity index is 849. The summed E-state index contributed by atoms with van der Waals surface area (Å²) < 4.78 is 16.2. The lowest BCUT2D eigenvalue weighted by Crippen LogP contribution is -2.44. The molecule has 1 amide bonds. The lowest BCUT2D eigenvalue weighted by molar-refractivity contribution is 0.0162. The number of carbonyl (C=O) groups is 1. The van der Waals surface area contributed by atoms with Crippen molar-refractivity contribution in [2.75, 3.05) is 71.2 Å². The highest BCUT2D eigenvalue weighted by molar-refractivity contribution is 5.93. The van der Waals surface area contributed by atoms with Gasteiger partial charge in [0.25, 0.3) is 5.91 Å². The van der Waals surface area contributed by atoms with Gasteiger partial charge >= 0.3 is 0 Å². The lowest BCUT2D eigenvalue weighted by atomic mass is 10.0. The maximum Gasteiger partial charge on any atom is 0.270 e. The molecule has 2 aliphatic rings. The fourth-order valence-electron chi connectivity index (χ4n) is 4.01. The zero-order valence-corrected chi connectivity index (χ0v) is 18.0. The van der Waals surface area contributed by atoms with Crippen LogP contribution in [0.1, 0.15) is 22.1 Å². The van der Waals surface area contributed by atoms with Gasteiger partial charge < -0.3 is 24.4 Å². The average Bonchev–Trinajstić information content (AvgIpc) is 2.85. The van der Waals surface area contributed by atoms with Crippen LogP contribution in [0.15, 0.2) is 42.6 Å². The third-order valence-electron chi connectivity index (χ3n) is 5.80. The van der Waals surface area contributed by atoms with E-state index >= 15 is 0 Å². The number of benzene rings is 1. The summed E-state index contributed by atoms with van der Waals surface area (Å²) in [6.45, 7) is 6.60. The summed E-state index contributed by atoms with van der Waals surface area (Å²) in [4.78, 5) is 21.8. The Hall–Kier alpha value is -2.68. The number of amides is 1. The van der Waals surface area contributed by atoms with Crippen LogP contribution in [0.4, 0.5) is 5.69 Å². The maximum atomic E-state index is 12.9. The molecule has 1 aromatic carbocycles. The van der Waals surface area contributed by atoms with Gasteiger partial charge in [-0.2, -0.15) is 0 Å². The first-order chi connectivity index (χ1) is 15.2. The highest BCUT2D eigenvalue weighted by atomic mass is 16.5. The number of anilines is 1. The molecule has 4 rings (SSSR count). The topological polar surface area (TPSA) is 76.2 Å². The van der Waals surface area contributed by atoms with Crippen LogP contribution in [-0.4, -0.2) is 82.1 Å². The highest BCUT2D eigenvalue weighted by Crippen LogP contribution is 2.24. The maximum absolute atomic E-state index is 12.9. The molecule has 0 radical (unpaired) electrons. The number of ether oxygens (including phenoxy) is 3. The molecule has 2 fully saturated rings. The highest BCUT2D eigenvalue weighted by Gasteiger charge is 2.24. The fourth-order valence-corrected chi connectivity index (χ4v) is 4.01. The minimum absolute atomic E-state index is 0.0567. The van der Waals surface area contributed by atoms with Crippen molar-refractivity contribution in [3.8, 4) is 5.75 Å². The van der Waals surface area contributed by atoms with Gasteiger partial charge in [-0.25, -0.2) is 0 Å². The van der Waals surface area contributed by atoms with Crippen LogP contribution in [0.25, 0.3) is 0 Å². The van der Waals surface area contributed by atoms with E-state index in [0.717, 1.165) is 43.2 Å². The van der Waals surface area contributed by atoms with Gasteiger partial charge in [0, 0.05) is 44.6 Å². The second-order valence-electron chi connectivity index (χ2n) is 7.65. The molecule has 0 spiro atoms. The number of nitrogens with one attached hydrogen (secondary N) is 1. The number of hydrogen-bond donors (Lipinski definition) is 1. The van der Waals surface area contributed by atoms with Crippen LogP contribution < -0.4 is 15.0 Å². The van der Waals surface area contributed by atoms with Crippen LogP contribution in [0.3, 0.4) is 0 Å². The summed E-state index contributed by atoms with van der Waals surface area (Å²) in [6, 6.07) is 11.9. The number of methoxy groups -OCH3 is 1. The molecule has 0 unspecified atom stereocenters. The van der Waals surface area contributed by atoms with E-state index in [9.17, 15) is 4.79 Å². The van der Waals surface area contributed by atoms with Gasteiger partial charge in [0.2, 0.25) is 0 Å². The summed E-state index contributed by atoms with van der Waals surface area (Å²) >= 11 is 0. The Morgan fingerprint density at radius 3 is 2.42 bits per heavy atom. The fraction of sp³-hybridized carbons (Fsp3) is 0.478. The van der Waals surface area contributed by atoms with Gasteiger partial charge in [0.1, 0.15) is 11.4 Å². The molecule has 0 aliphatic carbocycles. The van der Waals surface area contributed by atoms with E-state index in [4.69, 9.17) is 14.2 Å². The van der Waals surface area contributed by atoms with Crippen molar-refractivity contribution in [2.24, 2.45) is 0 Å². The molecule has 2 aromatic rings. The molecule has 0 saturated carbocycles. The van der Waals surface area contributed by atoms with Crippen molar-refractivity contribution >= 4 is 11.6 Å². The summed E-state index contributed by atoms with van der Waals surface area (Å²) in [6.07, 6.45) is 1.70. The SMILES string of the molecule is COc1ccc([C@@H](CNC(=O)c2cc(N3CCOCC3)ccn2)N2CCOCC2)cc1. The average molecular weight is 427 g/mol. The van der Waals surface area contributed by atoms with E-state index in [-0.39, 0.29) is 11.9 Å². The summed E-state index contributed by atoms with van der Waals surface area (Å²) in [7, 11) is 1.66. The van der Waals surface area contributed by atoms with E-state index in [1.165, 1.54) is 0 Å². The first-order valence-corrected chi connectivity index (χ1v) is 10.8. The van der Waals surface area contributed by atoms with E-state index in [0.29, 0.717) is 38.7 Å². The van der Waals surface area contributed by atoms with Crippen LogP contribution in [-0.2, 0) is 9.47 Å². The van der Waals surface area contributed by atoms with Gasteiger partial charge in [-0.15, -0.1) is 0 Å². The van der Waals surface area contributed by atoms with Crippen LogP contribution in [0.5, 0.6) is 5.75 Å². The Kier molecular flexibility index (Phi) is 7.35. The molecule has 1 aromatic heterocycles. The number of morpholine rings is 2. The zero-order valence-electron chi connectivity index (χ0n) is 18.0. The Labute approximate surface area is 183 Å². The molecule has 1 N–H and O–H groups in total. The number of rotatable bonds is 7. The van der Waals surface area contributed by atoms with Crippen LogP contribution in [0, 0.1) is 0 Å². The van der Waals surface area contributed by atoms with Gasteiger partial charge in [-0.1, -0.05) is 12.1 Å². The number of nitrogens with zero attached hydrogens (tertiary/aromatic N) is 3. The number of pyridine rings is 1. The van der Waals surface area contributed by atoms with E-state index in [1.807, 2.05) is 24.3 Å². The molecule has 8 nitrogen and oxygen atoms in total. The molecule has 3 heterocycles. The minimum atomic E-state index is -0.165. The largest absolute Gasteiger partial charge is 0.497 e. The standard InChI is InChI=1S/C23H30N4O4/c1-29-20-4-2-18(3-5-20)22(27-10-14-31-15-11-27)17-25-23(28)21-16-19(6-7-24-21)26-8-12-30-13-9-26/h2-7,16,22H,8-15,17H2,1H3,(H,25,28)/t22-/m1/s1. The molecule has 31 heavy (non-hydrogen) atoms. The van der Waals surface area contributed by atoms with E-state index < -0.39 is 0 Å². The third-order valence-corrected chi connectivity index (χ3v) is 5.80. The monoisotopic (exact) mass is 426 g/mol. The molecule has 2 saturated heterocycles. The number of carbonyl (C=O) groups excluding carboxylic acids is 1. The van der Waals surface area contributed by atoms with Crippen molar-refractivity contribution in [1.82, 2.24) is 15.2 Å². The van der Waals surface area contributed by atoms with Gasteiger partial charge in [-0.05, 0) is 29.8 Å². The van der Waals surface area contributed by atoms with Crippen molar-refractivity contribution in [1.29, 1.82) is 0 Å². The van der Waals surface area contributed by atoms with Gasteiger partial charge in [0.15, 0.2) is 0 Å². The molecule has 8 heteroatoms. The van der Waals surface area contributed by atoms with Gasteiger partial charge in [0.05, 0.1) is 39.6 Å². The van der Waals surface area contributed by atoms with Crippen molar-refractivity contribution in [2.45, 2.75) is 6.04 Å². The second-order valence-corrected chi connectivity index (χ2v) is 7.65. The molecule has 2 aliphatic heterocycles.